The molecule has 0 unspecified atom stereocenters. The molecule has 0 saturated heterocycles. The number of aromatic nitrogens is 3. The summed E-state index contributed by atoms with van der Waals surface area (Å²) >= 11 is 0. The molecule has 1 N–H and O–H groups in total. The molecule has 1 aliphatic heterocycles. The third-order valence-corrected chi connectivity index (χ3v) is 4.41. The van der Waals surface area contributed by atoms with Gasteiger partial charge in [0, 0.05) is 30.4 Å². The fourth-order valence-corrected chi connectivity index (χ4v) is 3.10. The quantitative estimate of drug-likeness (QED) is 0.782. The molecule has 0 amide bonds. The zero-order chi connectivity index (χ0) is 16.0. The van der Waals surface area contributed by atoms with Crippen LogP contribution in [-0.4, -0.2) is 40.2 Å². The van der Waals surface area contributed by atoms with Crippen LogP contribution in [-0.2, 0) is 13.0 Å². The van der Waals surface area contributed by atoms with E-state index in [1.807, 2.05) is 37.5 Å². The minimum Gasteiger partial charge on any atom is -0.497 e. The second-order valence-electron chi connectivity index (χ2n) is 5.90. The Morgan fingerprint density at radius 3 is 2.78 bits per heavy atom. The minimum atomic E-state index is 0.0119. The summed E-state index contributed by atoms with van der Waals surface area (Å²) in [4.78, 5) is 19.6. The molecule has 0 radical (unpaired) electrons. The summed E-state index contributed by atoms with van der Waals surface area (Å²) in [5.74, 6) is 0.803. The number of nitrogens with zero attached hydrogens (tertiary/aromatic N) is 3. The van der Waals surface area contributed by atoms with E-state index in [0.717, 1.165) is 41.1 Å². The summed E-state index contributed by atoms with van der Waals surface area (Å²) in [5.41, 5.74) is 4.32. The van der Waals surface area contributed by atoms with Crippen molar-refractivity contribution in [1.29, 1.82) is 0 Å². The number of hydrogen-bond donors (Lipinski definition) is 1. The summed E-state index contributed by atoms with van der Waals surface area (Å²) in [6, 6.07) is 7.76. The highest BCUT2D eigenvalue weighted by Crippen LogP contribution is 2.26. The Kier molecular flexibility index (Phi) is 3.20. The van der Waals surface area contributed by atoms with Crippen molar-refractivity contribution in [3.8, 4) is 16.9 Å². The van der Waals surface area contributed by atoms with Crippen LogP contribution in [0.4, 0.5) is 0 Å². The van der Waals surface area contributed by atoms with Crippen LogP contribution in [0.15, 0.2) is 35.3 Å². The Hall–Kier alpha value is -2.60. The van der Waals surface area contributed by atoms with Crippen LogP contribution in [0.1, 0.15) is 11.3 Å². The number of likely N-dealkylation sites (N-methyl/N-ethyl adjacent to an activating group) is 1. The number of benzene rings is 1. The van der Waals surface area contributed by atoms with E-state index in [4.69, 9.17) is 9.72 Å². The van der Waals surface area contributed by atoms with Crippen LogP contribution in [0.2, 0.25) is 0 Å². The Labute approximate surface area is 133 Å². The SMILES string of the molecule is COc1ccc(-c2c[nH]n3c(=O)c4c(nc23)CN(C)CC4)cc1. The standard InChI is InChI=1S/C17H18N4O2/c1-20-8-7-13-15(10-20)19-16-14(9-18-21(16)17(13)22)11-3-5-12(23-2)6-4-11/h3-6,9,18H,7-8,10H2,1-2H3. The number of ether oxygens (including phenoxy) is 1. The zero-order valence-corrected chi connectivity index (χ0v) is 13.2. The molecule has 0 spiro atoms. The molecule has 118 valence electrons. The van der Waals surface area contributed by atoms with Crippen molar-refractivity contribution in [3.05, 3.63) is 52.1 Å². The van der Waals surface area contributed by atoms with Crippen LogP contribution in [0.3, 0.4) is 0 Å². The molecular formula is C17H18N4O2. The number of H-pyrrole nitrogens is 1. The van der Waals surface area contributed by atoms with Gasteiger partial charge in [-0.2, -0.15) is 0 Å². The first-order chi connectivity index (χ1) is 11.2. The minimum absolute atomic E-state index is 0.0119. The van der Waals surface area contributed by atoms with E-state index in [9.17, 15) is 4.79 Å². The molecule has 0 bridgehead atoms. The van der Waals surface area contributed by atoms with Crippen molar-refractivity contribution in [1.82, 2.24) is 19.5 Å². The second kappa shape index (κ2) is 5.24. The third kappa shape index (κ3) is 2.22. The van der Waals surface area contributed by atoms with E-state index >= 15 is 0 Å². The molecule has 6 heteroatoms. The summed E-state index contributed by atoms with van der Waals surface area (Å²) in [6.45, 7) is 1.61. The van der Waals surface area contributed by atoms with Crippen molar-refractivity contribution in [2.45, 2.75) is 13.0 Å². The Morgan fingerprint density at radius 2 is 2.04 bits per heavy atom. The zero-order valence-electron chi connectivity index (χ0n) is 13.2. The van der Waals surface area contributed by atoms with Gasteiger partial charge in [-0.25, -0.2) is 9.50 Å². The lowest BCUT2D eigenvalue weighted by Crippen LogP contribution is -2.34. The van der Waals surface area contributed by atoms with E-state index < -0.39 is 0 Å². The van der Waals surface area contributed by atoms with Gasteiger partial charge in [-0.05, 0) is 31.2 Å². The maximum Gasteiger partial charge on any atom is 0.276 e. The molecule has 1 aromatic carbocycles. The first-order valence-electron chi connectivity index (χ1n) is 7.62. The molecule has 1 aliphatic rings. The van der Waals surface area contributed by atoms with Gasteiger partial charge in [-0.3, -0.25) is 9.89 Å². The molecule has 2 aromatic heterocycles. The van der Waals surface area contributed by atoms with E-state index in [2.05, 4.69) is 10.00 Å². The van der Waals surface area contributed by atoms with E-state index in [1.54, 1.807) is 11.6 Å². The van der Waals surface area contributed by atoms with Gasteiger partial charge in [0.1, 0.15) is 5.75 Å². The fraction of sp³-hybridized carbons (Fsp3) is 0.294. The Morgan fingerprint density at radius 1 is 1.26 bits per heavy atom. The van der Waals surface area contributed by atoms with Crippen molar-refractivity contribution in [2.75, 3.05) is 20.7 Å². The topological polar surface area (TPSA) is 62.6 Å². The monoisotopic (exact) mass is 310 g/mol. The molecule has 23 heavy (non-hydrogen) atoms. The van der Waals surface area contributed by atoms with Crippen molar-refractivity contribution in [2.24, 2.45) is 0 Å². The highest BCUT2D eigenvalue weighted by atomic mass is 16.5. The predicted molar refractivity (Wildman–Crippen MR) is 87.8 cm³/mol. The van der Waals surface area contributed by atoms with Crippen LogP contribution in [0.25, 0.3) is 16.8 Å². The van der Waals surface area contributed by atoms with Crippen molar-refractivity contribution in [3.63, 3.8) is 0 Å². The number of hydrogen-bond acceptors (Lipinski definition) is 4. The largest absolute Gasteiger partial charge is 0.497 e. The third-order valence-electron chi connectivity index (χ3n) is 4.41. The van der Waals surface area contributed by atoms with Gasteiger partial charge in [0.15, 0.2) is 5.65 Å². The maximum atomic E-state index is 12.7. The molecule has 0 atom stereocenters. The highest BCUT2D eigenvalue weighted by Gasteiger charge is 2.21. The summed E-state index contributed by atoms with van der Waals surface area (Å²) < 4.78 is 6.74. The van der Waals surface area contributed by atoms with Gasteiger partial charge in [-0.1, -0.05) is 12.1 Å². The molecule has 0 aliphatic carbocycles. The van der Waals surface area contributed by atoms with Gasteiger partial charge in [0.2, 0.25) is 0 Å². The molecule has 0 fully saturated rings. The first kappa shape index (κ1) is 14.0. The maximum absolute atomic E-state index is 12.7. The smallest absolute Gasteiger partial charge is 0.276 e. The van der Waals surface area contributed by atoms with Gasteiger partial charge >= 0.3 is 0 Å². The van der Waals surface area contributed by atoms with Gasteiger partial charge < -0.3 is 9.64 Å². The lowest BCUT2D eigenvalue weighted by molar-refractivity contribution is 0.306. The number of aromatic amines is 1. The Balaban J connectivity index is 1.90. The van der Waals surface area contributed by atoms with Crippen LogP contribution in [0.5, 0.6) is 5.75 Å². The number of rotatable bonds is 2. The van der Waals surface area contributed by atoms with Crippen molar-refractivity contribution >= 4 is 5.65 Å². The first-order valence-corrected chi connectivity index (χ1v) is 7.62. The summed E-state index contributed by atoms with van der Waals surface area (Å²) in [6.07, 6.45) is 2.58. The molecule has 6 nitrogen and oxygen atoms in total. The number of fused-ring (bicyclic) bond motifs is 2. The lowest BCUT2D eigenvalue weighted by Gasteiger charge is -2.23. The Bertz CT molecular complexity index is 924. The van der Waals surface area contributed by atoms with Crippen molar-refractivity contribution < 1.29 is 4.74 Å². The van der Waals surface area contributed by atoms with Gasteiger partial charge in [0.25, 0.3) is 5.56 Å². The van der Waals surface area contributed by atoms with Gasteiger partial charge in [0.05, 0.1) is 12.8 Å². The van der Waals surface area contributed by atoms with Crippen LogP contribution >= 0.6 is 0 Å². The second-order valence-corrected chi connectivity index (χ2v) is 5.90. The molecule has 0 saturated carbocycles. The highest BCUT2D eigenvalue weighted by molar-refractivity contribution is 5.77. The van der Waals surface area contributed by atoms with E-state index in [1.165, 1.54) is 0 Å². The predicted octanol–water partition coefficient (Wildman–Crippen LogP) is 1.69. The molecule has 4 rings (SSSR count). The van der Waals surface area contributed by atoms with E-state index in [-0.39, 0.29) is 5.56 Å². The van der Waals surface area contributed by atoms with E-state index in [0.29, 0.717) is 12.2 Å². The average Bonchev–Trinajstić information content (AvgIpc) is 2.99. The fourth-order valence-electron chi connectivity index (χ4n) is 3.10. The number of nitrogens with one attached hydrogen (secondary N) is 1. The average molecular weight is 310 g/mol. The molecule has 3 heterocycles. The molecule has 3 aromatic rings. The van der Waals surface area contributed by atoms with Crippen LogP contribution < -0.4 is 10.3 Å². The number of methoxy groups -OCH3 is 1. The van der Waals surface area contributed by atoms with Crippen LogP contribution in [0, 0.1) is 0 Å². The van der Waals surface area contributed by atoms with Gasteiger partial charge in [-0.15, -0.1) is 0 Å². The lowest BCUT2D eigenvalue weighted by atomic mass is 10.1. The normalized spacial score (nSPS) is 14.9. The molecular weight excluding hydrogens is 292 g/mol. The summed E-state index contributed by atoms with van der Waals surface area (Å²) in [5, 5.41) is 3.04. The summed E-state index contributed by atoms with van der Waals surface area (Å²) in [7, 11) is 3.69.